The van der Waals surface area contributed by atoms with Crippen LogP contribution >= 0.6 is 12.2 Å². The summed E-state index contributed by atoms with van der Waals surface area (Å²) in [5, 5.41) is 22.0. The Morgan fingerprint density at radius 2 is 0.844 bits per heavy atom. The second-order valence-electron chi connectivity index (χ2n) is 11.1. The standard InChI is InChI=1S/C36H36N2O6S/c1-3-37-31(39)34(32(40)38(4-2)33(37)45,25-35(43-41,27-17-9-5-10-18-27)28-19-11-6-12-20-28)26-36(44-42,29-21-13-7-14-22-29)30-23-15-8-16-24-30/h5-24,41-42H,3-4,25-26H2,1-2H3. The summed E-state index contributed by atoms with van der Waals surface area (Å²) in [6.07, 6.45) is -0.689. The first-order valence-corrected chi connectivity index (χ1v) is 15.3. The summed E-state index contributed by atoms with van der Waals surface area (Å²) in [5.41, 5.74) is -3.28. The lowest BCUT2D eigenvalue weighted by Gasteiger charge is -2.51. The Kier molecular flexibility index (Phi) is 9.57. The zero-order chi connectivity index (χ0) is 32.1. The fourth-order valence-electron chi connectivity index (χ4n) is 6.55. The summed E-state index contributed by atoms with van der Waals surface area (Å²) in [4.78, 5) is 43.7. The topological polar surface area (TPSA) is 99.5 Å². The molecule has 45 heavy (non-hydrogen) atoms. The molecule has 1 fully saturated rings. The van der Waals surface area contributed by atoms with Gasteiger partial charge in [0.25, 0.3) is 0 Å². The van der Waals surface area contributed by atoms with Gasteiger partial charge in [-0.2, -0.15) is 0 Å². The third kappa shape index (κ3) is 5.47. The first-order valence-electron chi connectivity index (χ1n) is 14.9. The van der Waals surface area contributed by atoms with E-state index in [1.54, 1.807) is 111 Å². The van der Waals surface area contributed by atoms with Gasteiger partial charge in [-0.25, -0.2) is 9.78 Å². The zero-order valence-corrected chi connectivity index (χ0v) is 26.0. The molecule has 9 heteroatoms. The minimum absolute atomic E-state index is 0.0931. The average Bonchev–Trinajstić information content (AvgIpc) is 3.10. The summed E-state index contributed by atoms with van der Waals surface area (Å²) < 4.78 is 0. The van der Waals surface area contributed by atoms with Gasteiger partial charge in [-0.1, -0.05) is 121 Å². The third-order valence-corrected chi connectivity index (χ3v) is 9.22. The highest BCUT2D eigenvalue weighted by Gasteiger charge is 2.63. The molecule has 4 aromatic carbocycles. The van der Waals surface area contributed by atoms with E-state index in [9.17, 15) is 20.1 Å². The van der Waals surface area contributed by atoms with Gasteiger partial charge in [0.1, 0.15) is 5.41 Å². The molecule has 4 aromatic rings. The van der Waals surface area contributed by atoms with Gasteiger partial charge in [-0.15, -0.1) is 0 Å². The van der Waals surface area contributed by atoms with Crippen LogP contribution in [0.15, 0.2) is 121 Å². The van der Waals surface area contributed by atoms with Crippen LogP contribution in [0, 0.1) is 5.41 Å². The quantitative estimate of drug-likeness (QED) is 0.0792. The molecule has 232 valence electrons. The second-order valence-corrected chi connectivity index (χ2v) is 11.5. The molecule has 1 heterocycles. The maximum atomic E-state index is 15.0. The van der Waals surface area contributed by atoms with Gasteiger partial charge in [-0.3, -0.25) is 29.9 Å². The minimum atomic E-state index is -1.98. The Morgan fingerprint density at radius 1 is 0.578 bits per heavy atom. The largest absolute Gasteiger partial charge is 0.288 e. The molecule has 0 bridgehead atoms. The monoisotopic (exact) mass is 624 g/mol. The van der Waals surface area contributed by atoms with Crippen molar-refractivity contribution in [3.05, 3.63) is 144 Å². The molecule has 8 nitrogen and oxygen atoms in total. The molecule has 0 aliphatic carbocycles. The second kappa shape index (κ2) is 13.4. The van der Waals surface area contributed by atoms with Crippen molar-refractivity contribution in [2.45, 2.75) is 37.9 Å². The Labute approximate surface area is 268 Å². The molecule has 1 aliphatic rings. The van der Waals surface area contributed by atoms with Crippen molar-refractivity contribution in [2.24, 2.45) is 5.41 Å². The summed E-state index contributed by atoms with van der Waals surface area (Å²) >= 11 is 5.67. The lowest BCUT2D eigenvalue weighted by Crippen LogP contribution is -2.67. The summed E-state index contributed by atoms with van der Waals surface area (Å²) in [5.74, 6) is -1.16. The van der Waals surface area contributed by atoms with E-state index in [-0.39, 0.29) is 31.0 Å². The van der Waals surface area contributed by atoms with Crippen LogP contribution < -0.4 is 0 Å². The molecule has 0 radical (unpaired) electrons. The van der Waals surface area contributed by atoms with E-state index in [1.165, 1.54) is 9.80 Å². The Balaban J connectivity index is 1.85. The van der Waals surface area contributed by atoms with Crippen LogP contribution in [0.4, 0.5) is 0 Å². The maximum absolute atomic E-state index is 15.0. The van der Waals surface area contributed by atoms with Crippen LogP contribution in [0.25, 0.3) is 0 Å². The van der Waals surface area contributed by atoms with Gasteiger partial charge in [0, 0.05) is 25.9 Å². The summed E-state index contributed by atoms with van der Waals surface area (Å²) in [6, 6.07) is 35.9. The lowest BCUT2D eigenvalue weighted by atomic mass is 9.63. The Hall–Kier alpha value is -4.25. The number of carbonyl (C=O) groups excluding carboxylic acids is 2. The number of amides is 2. The molecule has 5 rings (SSSR count). The van der Waals surface area contributed by atoms with Gasteiger partial charge in [-0.05, 0) is 48.3 Å². The van der Waals surface area contributed by atoms with E-state index in [4.69, 9.17) is 22.0 Å². The lowest BCUT2D eigenvalue weighted by molar-refractivity contribution is -0.333. The zero-order valence-electron chi connectivity index (χ0n) is 25.2. The number of hydrogen-bond acceptors (Lipinski definition) is 7. The third-order valence-electron chi connectivity index (χ3n) is 8.78. The van der Waals surface area contributed by atoms with E-state index in [2.05, 4.69) is 0 Å². The van der Waals surface area contributed by atoms with Crippen molar-refractivity contribution in [2.75, 3.05) is 13.1 Å². The maximum Gasteiger partial charge on any atom is 0.244 e. The summed E-state index contributed by atoms with van der Waals surface area (Å²) in [7, 11) is 0. The molecule has 0 spiro atoms. The molecule has 2 amide bonds. The van der Waals surface area contributed by atoms with Crippen molar-refractivity contribution >= 4 is 29.1 Å². The first-order chi connectivity index (χ1) is 21.8. The molecule has 0 aromatic heterocycles. The van der Waals surface area contributed by atoms with Crippen molar-refractivity contribution in [1.29, 1.82) is 0 Å². The van der Waals surface area contributed by atoms with Crippen molar-refractivity contribution in [3.8, 4) is 0 Å². The first kappa shape index (κ1) is 32.2. The predicted octanol–water partition coefficient (Wildman–Crippen LogP) is 6.62. The van der Waals surface area contributed by atoms with E-state index in [0.29, 0.717) is 22.3 Å². The van der Waals surface area contributed by atoms with Gasteiger partial charge < -0.3 is 0 Å². The number of benzene rings is 4. The van der Waals surface area contributed by atoms with Crippen molar-refractivity contribution in [3.63, 3.8) is 0 Å². The van der Waals surface area contributed by atoms with Crippen LogP contribution in [0.5, 0.6) is 0 Å². The average molecular weight is 625 g/mol. The highest BCUT2D eigenvalue weighted by Crippen LogP contribution is 2.53. The Bertz CT molecular complexity index is 1420. The van der Waals surface area contributed by atoms with Gasteiger partial charge in [0.05, 0.1) is 0 Å². The fraction of sp³-hybridized carbons (Fsp3) is 0.250. The van der Waals surface area contributed by atoms with E-state index < -0.39 is 28.4 Å². The molecular weight excluding hydrogens is 588 g/mol. The summed E-state index contributed by atoms with van der Waals surface area (Å²) in [6.45, 7) is 3.95. The van der Waals surface area contributed by atoms with E-state index >= 15 is 0 Å². The normalized spacial score (nSPS) is 15.4. The molecule has 0 atom stereocenters. The SMILES string of the molecule is CCN1C(=O)C(CC(OO)(c2ccccc2)c2ccccc2)(CC(OO)(c2ccccc2)c2ccccc2)C(=O)N(CC)C1=S. The van der Waals surface area contributed by atoms with Crippen LogP contribution in [0.3, 0.4) is 0 Å². The smallest absolute Gasteiger partial charge is 0.244 e. The van der Waals surface area contributed by atoms with Gasteiger partial charge in [0.2, 0.25) is 11.8 Å². The number of rotatable bonds is 12. The van der Waals surface area contributed by atoms with Gasteiger partial charge in [0.15, 0.2) is 16.3 Å². The molecular formula is C36H36N2O6S. The minimum Gasteiger partial charge on any atom is -0.288 e. The molecule has 1 saturated heterocycles. The molecule has 2 N–H and O–H groups in total. The molecule has 1 aliphatic heterocycles. The molecule has 0 saturated carbocycles. The molecule has 0 unspecified atom stereocenters. The van der Waals surface area contributed by atoms with E-state index in [0.717, 1.165) is 0 Å². The Morgan fingerprint density at radius 3 is 1.07 bits per heavy atom. The van der Waals surface area contributed by atoms with Crippen LogP contribution in [0.2, 0.25) is 0 Å². The van der Waals surface area contributed by atoms with Crippen LogP contribution in [0.1, 0.15) is 48.9 Å². The van der Waals surface area contributed by atoms with Crippen LogP contribution in [-0.2, 0) is 30.6 Å². The number of thiocarbonyl (C=S) groups is 1. The predicted molar refractivity (Wildman–Crippen MR) is 174 cm³/mol. The van der Waals surface area contributed by atoms with Crippen molar-refractivity contribution < 1.29 is 29.9 Å². The number of nitrogens with zero attached hydrogens (tertiary/aromatic N) is 2. The van der Waals surface area contributed by atoms with Gasteiger partial charge >= 0.3 is 0 Å². The van der Waals surface area contributed by atoms with Crippen LogP contribution in [-0.4, -0.2) is 50.3 Å². The highest BCUT2D eigenvalue weighted by molar-refractivity contribution is 7.80. The van der Waals surface area contributed by atoms with Crippen molar-refractivity contribution in [1.82, 2.24) is 9.80 Å². The number of carbonyl (C=O) groups is 2. The highest BCUT2D eigenvalue weighted by atomic mass is 32.1. The number of hydrogen-bond donors (Lipinski definition) is 2. The van der Waals surface area contributed by atoms with E-state index in [1.807, 2.05) is 24.3 Å². The fourth-order valence-corrected chi connectivity index (χ4v) is 6.97.